The van der Waals surface area contributed by atoms with E-state index in [1.165, 1.54) is 0 Å². The van der Waals surface area contributed by atoms with Crippen LogP contribution in [0.2, 0.25) is 0 Å². The average molecular weight is 214 g/mol. The van der Waals surface area contributed by atoms with E-state index in [4.69, 9.17) is 14.7 Å². The third kappa shape index (κ3) is 8.37. The van der Waals surface area contributed by atoms with Gasteiger partial charge in [-0.25, -0.2) is 0 Å². The molecule has 0 aliphatic heterocycles. The number of ether oxygens (including phenoxy) is 2. The number of nitrogens with zero attached hydrogens (tertiary/aromatic N) is 2. The largest absolute Gasteiger partial charge is 0.385 e. The maximum atomic E-state index is 8.75. The van der Waals surface area contributed by atoms with Crippen LogP contribution in [-0.4, -0.2) is 52.0 Å². The standard InChI is InChI=1S/C11H22N2O2/c1-11(9-12)10-13(6-8-15-3)5-4-7-14-2/h11H,4-8,10H2,1-3H3. The number of hydrogen-bond donors (Lipinski definition) is 0. The molecule has 15 heavy (non-hydrogen) atoms. The number of rotatable bonds is 9. The summed E-state index contributed by atoms with van der Waals surface area (Å²) in [6, 6.07) is 2.25. The van der Waals surface area contributed by atoms with Crippen molar-refractivity contribution < 1.29 is 9.47 Å². The van der Waals surface area contributed by atoms with E-state index in [1.807, 2.05) is 6.92 Å². The molecule has 0 aliphatic carbocycles. The second kappa shape index (κ2) is 9.91. The molecule has 0 aromatic carbocycles. The van der Waals surface area contributed by atoms with Gasteiger partial charge in [0.2, 0.25) is 0 Å². The molecule has 0 saturated heterocycles. The Morgan fingerprint density at radius 2 is 1.87 bits per heavy atom. The Morgan fingerprint density at radius 3 is 2.40 bits per heavy atom. The quantitative estimate of drug-likeness (QED) is 0.540. The molecular weight excluding hydrogens is 192 g/mol. The molecule has 1 unspecified atom stereocenters. The van der Waals surface area contributed by atoms with E-state index in [2.05, 4.69) is 11.0 Å². The summed E-state index contributed by atoms with van der Waals surface area (Å²) in [4.78, 5) is 2.25. The highest BCUT2D eigenvalue weighted by Gasteiger charge is 2.08. The maximum absolute atomic E-state index is 8.75. The zero-order valence-corrected chi connectivity index (χ0v) is 10.0. The van der Waals surface area contributed by atoms with E-state index in [9.17, 15) is 0 Å². The van der Waals surface area contributed by atoms with Crippen molar-refractivity contribution in [2.24, 2.45) is 5.92 Å². The van der Waals surface area contributed by atoms with E-state index in [-0.39, 0.29) is 5.92 Å². The van der Waals surface area contributed by atoms with Crippen LogP contribution < -0.4 is 0 Å². The predicted molar refractivity (Wildman–Crippen MR) is 59.6 cm³/mol. The van der Waals surface area contributed by atoms with Crippen molar-refractivity contribution in [1.82, 2.24) is 4.90 Å². The van der Waals surface area contributed by atoms with Gasteiger partial charge < -0.3 is 9.47 Å². The lowest BCUT2D eigenvalue weighted by molar-refractivity contribution is 0.128. The highest BCUT2D eigenvalue weighted by atomic mass is 16.5. The topological polar surface area (TPSA) is 45.5 Å². The van der Waals surface area contributed by atoms with Crippen LogP contribution in [0, 0.1) is 17.2 Å². The van der Waals surface area contributed by atoms with Gasteiger partial charge in [0.1, 0.15) is 0 Å². The second-order valence-corrected chi connectivity index (χ2v) is 3.67. The molecule has 1 atom stereocenters. The molecule has 0 N–H and O–H groups in total. The Kier molecular flexibility index (Phi) is 9.49. The molecule has 0 radical (unpaired) electrons. The molecule has 4 heteroatoms. The highest BCUT2D eigenvalue weighted by Crippen LogP contribution is 2.00. The van der Waals surface area contributed by atoms with Crippen molar-refractivity contribution >= 4 is 0 Å². The predicted octanol–water partition coefficient (Wildman–Crippen LogP) is 1.13. The van der Waals surface area contributed by atoms with Gasteiger partial charge in [-0.05, 0) is 13.3 Å². The first-order valence-electron chi connectivity index (χ1n) is 5.34. The minimum absolute atomic E-state index is 0.0735. The average Bonchev–Trinajstić information content (AvgIpc) is 2.25. The monoisotopic (exact) mass is 214 g/mol. The van der Waals surface area contributed by atoms with Gasteiger partial charge in [0.25, 0.3) is 0 Å². The molecule has 0 aliphatic rings. The van der Waals surface area contributed by atoms with Gasteiger partial charge in [0, 0.05) is 40.5 Å². The van der Waals surface area contributed by atoms with Crippen LogP contribution in [0.5, 0.6) is 0 Å². The lowest BCUT2D eigenvalue weighted by Crippen LogP contribution is -2.32. The van der Waals surface area contributed by atoms with Gasteiger partial charge in [-0.2, -0.15) is 5.26 Å². The molecule has 0 aromatic heterocycles. The molecule has 0 aromatic rings. The number of hydrogen-bond acceptors (Lipinski definition) is 4. The van der Waals surface area contributed by atoms with Crippen LogP contribution in [0.3, 0.4) is 0 Å². The SMILES string of the molecule is COCCCN(CCOC)CC(C)C#N. The van der Waals surface area contributed by atoms with Crippen LogP contribution in [-0.2, 0) is 9.47 Å². The van der Waals surface area contributed by atoms with Gasteiger partial charge in [-0.15, -0.1) is 0 Å². The Hall–Kier alpha value is -0.630. The van der Waals surface area contributed by atoms with E-state index in [1.54, 1.807) is 14.2 Å². The Labute approximate surface area is 92.8 Å². The van der Waals surface area contributed by atoms with Gasteiger partial charge in [-0.3, -0.25) is 4.90 Å². The summed E-state index contributed by atoms with van der Waals surface area (Å²) in [5.74, 6) is 0.0735. The van der Waals surface area contributed by atoms with Crippen molar-refractivity contribution in [3.05, 3.63) is 0 Å². The van der Waals surface area contributed by atoms with Crippen LogP contribution in [0.15, 0.2) is 0 Å². The first-order chi connectivity index (χ1) is 7.24. The lowest BCUT2D eigenvalue weighted by Gasteiger charge is -2.22. The smallest absolute Gasteiger partial charge is 0.0666 e. The van der Waals surface area contributed by atoms with Crippen LogP contribution in [0.1, 0.15) is 13.3 Å². The molecule has 0 rings (SSSR count). The maximum Gasteiger partial charge on any atom is 0.0666 e. The fourth-order valence-electron chi connectivity index (χ4n) is 1.38. The third-order valence-corrected chi connectivity index (χ3v) is 2.19. The molecule has 0 heterocycles. The summed E-state index contributed by atoms with van der Waals surface area (Å²) < 4.78 is 10.0. The van der Waals surface area contributed by atoms with E-state index >= 15 is 0 Å². The van der Waals surface area contributed by atoms with E-state index in [0.717, 1.165) is 32.7 Å². The molecule has 4 nitrogen and oxygen atoms in total. The summed E-state index contributed by atoms with van der Waals surface area (Å²) >= 11 is 0. The summed E-state index contributed by atoms with van der Waals surface area (Å²) in [7, 11) is 3.40. The summed E-state index contributed by atoms with van der Waals surface area (Å²) in [5, 5.41) is 8.75. The minimum atomic E-state index is 0.0735. The van der Waals surface area contributed by atoms with Crippen molar-refractivity contribution in [2.45, 2.75) is 13.3 Å². The second-order valence-electron chi connectivity index (χ2n) is 3.67. The molecule has 88 valence electrons. The molecule has 0 amide bonds. The minimum Gasteiger partial charge on any atom is -0.385 e. The van der Waals surface area contributed by atoms with E-state index < -0.39 is 0 Å². The molecule has 0 fully saturated rings. The summed E-state index contributed by atoms with van der Waals surface area (Å²) in [5.41, 5.74) is 0. The number of methoxy groups -OCH3 is 2. The van der Waals surface area contributed by atoms with Crippen molar-refractivity contribution in [2.75, 3.05) is 47.1 Å². The molecular formula is C11H22N2O2. The highest BCUT2D eigenvalue weighted by molar-refractivity contribution is 4.81. The van der Waals surface area contributed by atoms with Crippen molar-refractivity contribution in [3.63, 3.8) is 0 Å². The van der Waals surface area contributed by atoms with Crippen molar-refractivity contribution in [3.8, 4) is 6.07 Å². The normalized spacial score (nSPS) is 12.7. The Morgan fingerprint density at radius 1 is 1.20 bits per heavy atom. The fraction of sp³-hybridized carbons (Fsp3) is 0.909. The Bertz CT molecular complexity index is 180. The third-order valence-electron chi connectivity index (χ3n) is 2.19. The first kappa shape index (κ1) is 14.4. The van der Waals surface area contributed by atoms with Crippen LogP contribution in [0.25, 0.3) is 0 Å². The fourth-order valence-corrected chi connectivity index (χ4v) is 1.38. The van der Waals surface area contributed by atoms with Crippen LogP contribution in [0.4, 0.5) is 0 Å². The zero-order chi connectivity index (χ0) is 11.5. The van der Waals surface area contributed by atoms with Crippen molar-refractivity contribution in [1.29, 1.82) is 5.26 Å². The summed E-state index contributed by atoms with van der Waals surface area (Å²) in [6.07, 6.45) is 0.998. The first-order valence-corrected chi connectivity index (χ1v) is 5.34. The molecule has 0 saturated carbocycles. The molecule has 0 bridgehead atoms. The van der Waals surface area contributed by atoms with Crippen LogP contribution >= 0.6 is 0 Å². The zero-order valence-electron chi connectivity index (χ0n) is 10.0. The molecule has 0 spiro atoms. The van der Waals surface area contributed by atoms with E-state index in [0.29, 0.717) is 6.61 Å². The van der Waals surface area contributed by atoms with Gasteiger partial charge in [0.05, 0.1) is 18.6 Å². The van der Waals surface area contributed by atoms with Gasteiger partial charge in [0.15, 0.2) is 0 Å². The number of nitriles is 1. The van der Waals surface area contributed by atoms with Gasteiger partial charge in [-0.1, -0.05) is 0 Å². The Balaban J connectivity index is 3.79. The lowest BCUT2D eigenvalue weighted by atomic mass is 10.2. The summed E-state index contributed by atoms with van der Waals surface area (Å²) in [6.45, 7) is 6.07. The van der Waals surface area contributed by atoms with Gasteiger partial charge >= 0.3 is 0 Å².